The molecule has 0 N–H and O–H groups in total. The number of hydrogen-bond acceptors (Lipinski definition) is 6. The van der Waals surface area contributed by atoms with Gasteiger partial charge in [-0.15, -0.1) is 0 Å². The molecular weight excluding hydrogens is 703 g/mol. The van der Waals surface area contributed by atoms with Crippen molar-refractivity contribution in [1.82, 2.24) is 4.31 Å². The number of carbonyl (C=O) groups is 2. The number of nitrogens with zero attached hydrogens (tertiary/aromatic N) is 2. The van der Waals surface area contributed by atoms with Crippen LogP contribution in [0.1, 0.15) is 29.6 Å². The van der Waals surface area contributed by atoms with Crippen LogP contribution in [0.25, 0.3) is 6.08 Å². The van der Waals surface area contributed by atoms with E-state index in [1.165, 1.54) is 22.4 Å². The van der Waals surface area contributed by atoms with Gasteiger partial charge in [-0.3, -0.25) is 9.69 Å². The van der Waals surface area contributed by atoms with Crippen molar-refractivity contribution in [3.8, 4) is 0 Å². The summed E-state index contributed by atoms with van der Waals surface area (Å²) in [4.78, 5) is 28.0. The fraction of sp³-hybridized carbons (Fsp3) is 0.152. The van der Waals surface area contributed by atoms with Crippen LogP contribution in [0.2, 0.25) is 10.0 Å². The standard InChI is InChI=1S/C33H27BrCl2N2O6S/c1-20-4-14-28(15-5-20)45(41,42)37(18-22-6-9-24(35)16-30(22)36)19-27-13-12-26(44-27)17-29-31(33(40)43-3)21(2)38(32(29)39)25-10-7-23(34)8-11-25/h4-17H,18-19H2,1-3H3/b29-17+. The minimum absolute atomic E-state index is 0.0572. The Morgan fingerprint density at radius 1 is 0.978 bits per heavy atom. The van der Waals surface area contributed by atoms with E-state index in [-0.39, 0.29) is 34.9 Å². The van der Waals surface area contributed by atoms with Crippen LogP contribution >= 0.6 is 39.1 Å². The van der Waals surface area contributed by atoms with Crippen LogP contribution in [-0.2, 0) is 37.4 Å². The van der Waals surface area contributed by atoms with Crippen LogP contribution < -0.4 is 4.90 Å². The number of aryl methyl sites for hydroxylation is 1. The molecular formula is C33H27BrCl2N2O6S. The van der Waals surface area contributed by atoms with Gasteiger partial charge in [0.05, 0.1) is 29.7 Å². The molecule has 0 saturated carbocycles. The number of methoxy groups -OCH3 is 1. The summed E-state index contributed by atoms with van der Waals surface area (Å²) in [7, 11) is -2.76. The highest BCUT2D eigenvalue weighted by molar-refractivity contribution is 9.10. The molecule has 232 valence electrons. The fourth-order valence-electron chi connectivity index (χ4n) is 4.88. The second-order valence-electron chi connectivity index (χ2n) is 10.3. The van der Waals surface area contributed by atoms with Crippen molar-refractivity contribution in [3.05, 3.63) is 133 Å². The van der Waals surface area contributed by atoms with Crippen molar-refractivity contribution in [2.75, 3.05) is 12.0 Å². The molecule has 1 amide bonds. The van der Waals surface area contributed by atoms with Crippen molar-refractivity contribution in [2.45, 2.75) is 31.8 Å². The number of ether oxygens (including phenoxy) is 1. The first kappa shape index (κ1) is 32.7. The number of anilines is 1. The summed E-state index contributed by atoms with van der Waals surface area (Å²) in [6, 6.07) is 21.7. The number of esters is 1. The third kappa shape index (κ3) is 6.95. The number of hydrogen-bond donors (Lipinski definition) is 0. The van der Waals surface area contributed by atoms with Gasteiger partial charge in [-0.25, -0.2) is 13.2 Å². The average molecular weight is 730 g/mol. The second-order valence-corrected chi connectivity index (χ2v) is 14.0. The van der Waals surface area contributed by atoms with Gasteiger partial charge < -0.3 is 9.15 Å². The van der Waals surface area contributed by atoms with Crippen LogP contribution in [0.5, 0.6) is 0 Å². The summed E-state index contributed by atoms with van der Waals surface area (Å²) in [5.74, 6) is -0.557. The molecule has 12 heteroatoms. The first-order valence-corrected chi connectivity index (χ1v) is 16.6. The minimum atomic E-state index is -4.00. The van der Waals surface area contributed by atoms with Crippen LogP contribution in [0, 0.1) is 6.92 Å². The fourth-order valence-corrected chi connectivity index (χ4v) is 7.00. The number of carbonyl (C=O) groups excluding carboxylic acids is 2. The molecule has 45 heavy (non-hydrogen) atoms. The summed E-state index contributed by atoms with van der Waals surface area (Å²) in [6.07, 6.45) is 1.45. The zero-order chi connectivity index (χ0) is 32.5. The van der Waals surface area contributed by atoms with E-state index < -0.39 is 21.9 Å². The lowest BCUT2D eigenvalue weighted by Gasteiger charge is -2.22. The first-order valence-electron chi connectivity index (χ1n) is 13.6. The molecule has 0 atom stereocenters. The third-order valence-corrected chi connectivity index (χ3v) is 10.1. The van der Waals surface area contributed by atoms with Crippen LogP contribution in [0.3, 0.4) is 0 Å². The lowest BCUT2D eigenvalue weighted by atomic mass is 10.1. The molecule has 2 heterocycles. The SMILES string of the molecule is COC(=O)C1=C(C)N(c2ccc(Br)cc2)C(=O)/C1=C/c1ccc(CN(Cc2ccc(Cl)cc2Cl)S(=O)(=O)c2ccc(C)cc2)o1. The normalized spacial score (nSPS) is 14.6. The number of amides is 1. The smallest absolute Gasteiger partial charge is 0.340 e. The highest BCUT2D eigenvalue weighted by atomic mass is 79.9. The zero-order valence-corrected chi connectivity index (χ0v) is 28.3. The van der Waals surface area contributed by atoms with Gasteiger partial charge in [0.15, 0.2) is 0 Å². The Morgan fingerprint density at radius 2 is 1.67 bits per heavy atom. The van der Waals surface area contributed by atoms with Crippen LogP contribution in [0.4, 0.5) is 5.69 Å². The predicted molar refractivity (Wildman–Crippen MR) is 177 cm³/mol. The molecule has 0 radical (unpaired) electrons. The lowest BCUT2D eigenvalue weighted by Crippen LogP contribution is -2.30. The van der Waals surface area contributed by atoms with Crippen LogP contribution in [-0.4, -0.2) is 31.7 Å². The van der Waals surface area contributed by atoms with Gasteiger partial charge in [0.25, 0.3) is 5.91 Å². The number of allylic oxidation sites excluding steroid dienone is 1. The molecule has 0 spiro atoms. The van der Waals surface area contributed by atoms with Crippen molar-refractivity contribution >= 4 is 72.8 Å². The van der Waals surface area contributed by atoms with Gasteiger partial charge in [0, 0.05) is 32.4 Å². The van der Waals surface area contributed by atoms with Crippen molar-refractivity contribution < 1.29 is 27.2 Å². The van der Waals surface area contributed by atoms with Gasteiger partial charge in [-0.2, -0.15) is 4.31 Å². The molecule has 1 aromatic heterocycles. The maximum Gasteiger partial charge on any atom is 0.340 e. The Balaban J connectivity index is 1.49. The maximum atomic E-state index is 13.8. The highest BCUT2D eigenvalue weighted by Crippen LogP contribution is 2.36. The molecule has 0 aliphatic carbocycles. The quantitative estimate of drug-likeness (QED) is 0.128. The van der Waals surface area contributed by atoms with E-state index in [0.717, 1.165) is 10.0 Å². The second kappa shape index (κ2) is 13.4. The Labute approximate surface area is 279 Å². The van der Waals surface area contributed by atoms with E-state index >= 15 is 0 Å². The Kier molecular flexibility index (Phi) is 9.71. The van der Waals surface area contributed by atoms with Crippen molar-refractivity contribution in [2.24, 2.45) is 0 Å². The molecule has 0 bridgehead atoms. The molecule has 1 aliphatic heterocycles. The number of halogens is 3. The van der Waals surface area contributed by atoms with Gasteiger partial charge in [-0.1, -0.05) is 62.9 Å². The van der Waals surface area contributed by atoms with E-state index in [2.05, 4.69) is 15.9 Å². The van der Waals surface area contributed by atoms with Gasteiger partial charge in [-0.05, 0) is 86.2 Å². The molecule has 1 aliphatic rings. The summed E-state index contributed by atoms with van der Waals surface area (Å²) >= 11 is 15.9. The first-order chi connectivity index (χ1) is 21.4. The molecule has 0 unspecified atom stereocenters. The van der Waals surface area contributed by atoms with Gasteiger partial charge in [0.2, 0.25) is 10.0 Å². The Hall–Kier alpha value is -3.67. The van der Waals surface area contributed by atoms with E-state index in [0.29, 0.717) is 32.8 Å². The number of rotatable bonds is 9. The average Bonchev–Trinajstić information content (AvgIpc) is 3.55. The maximum absolute atomic E-state index is 13.8. The minimum Gasteiger partial charge on any atom is -0.465 e. The Bertz CT molecular complexity index is 1950. The summed E-state index contributed by atoms with van der Waals surface area (Å²) in [6.45, 7) is 3.33. The number of sulfonamides is 1. The number of benzene rings is 3. The zero-order valence-electron chi connectivity index (χ0n) is 24.4. The highest BCUT2D eigenvalue weighted by Gasteiger charge is 2.38. The molecule has 4 aromatic rings. The molecule has 0 fully saturated rings. The largest absolute Gasteiger partial charge is 0.465 e. The summed E-state index contributed by atoms with van der Waals surface area (Å²) in [5.41, 5.74) is 2.63. The van der Waals surface area contributed by atoms with Gasteiger partial charge >= 0.3 is 5.97 Å². The van der Waals surface area contributed by atoms with Crippen LogP contribution in [0.15, 0.2) is 109 Å². The van der Waals surface area contributed by atoms with E-state index in [1.54, 1.807) is 85.8 Å². The summed E-state index contributed by atoms with van der Waals surface area (Å²) < 4.78 is 40.8. The van der Waals surface area contributed by atoms with Crippen molar-refractivity contribution in [1.29, 1.82) is 0 Å². The monoisotopic (exact) mass is 728 g/mol. The Morgan fingerprint density at radius 3 is 2.31 bits per heavy atom. The van der Waals surface area contributed by atoms with E-state index in [4.69, 9.17) is 32.4 Å². The molecule has 8 nitrogen and oxygen atoms in total. The molecule has 5 rings (SSSR count). The van der Waals surface area contributed by atoms with Gasteiger partial charge in [0.1, 0.15) is 11.5 Å². The predicted octanol–water partition coefficient (Wildman–Crippen LogP) is 7.93. The molecule has 3 aromatic carbocycles. The van der Waals surface area contributed by atoms with E-state index in [9.17, 15) is 18.0 Å². The topological polar surface area (TPSA) is 97.1 Å². The van der Waals surface area contributed by atoms with E-state index in [1.807, 2.05) is 6.92 Å². The number of furan rings is 1. The van der Waals surface area contributed by atoms with Crippen molar-refractivity contribution in [3.63, 3.8) is 0 Å². The lowest BCUT2D eigenvalue weighted by molar-refractivity contribution is -0.136. The molecule has 0 saturated heterocycles. The summed E-state index contributed by atoms with van der Waals surface area (Å²) in [5, 5.41) is 0.750. The third-order valence-electron chi connectivity index (χ3n) is 7.20.